The molecule has 24 heavy (non-hydrogen) atoms. The Balaban J connectivity index is 1.95. The lowest BCUT2D eigenvalue weighted by molar-refractivity contribution is -0.166. The molecule has 1 saturated carbocycles. The van der Waals surface area contributed by atoms with E-state index in [0.717, 1.165) is 5.56 Å². The Kier molecular flexibility index (Phi) is 4.63. The monoisotopic (exact) mass is 349 g/mol. The highest BCUT2D eigenvalue weighted by molar-refractivity contribution is 6.47. The van der Waals surface area contributed by atoms with Crippen LogP contribution in [0.2, 0.25) is 0 Å². The van der Waals surface area contributed by atoms with Crippen LogP contribution in [-0.4, -0.2) is 40.1 Å². The van der Waals surface area contributed by atoms with Gasteiger partial charge in [-0.25, -0.2) is 4.79 Å². The van der Waals surface area contributed by atoms with Gasteiger partial charge >= 0.3 is 5.97 Å². The fourth-order valence-corrected chi connectivity index (χ4v) is 4.02. The molecular formula is C18H20ClNO4. The third-order valence-corrected chi connectivity index (χ3v) is 5.46. The molecule has 1 saturated heterocycles. The van der Waals surface area contributed by atoms with E-state index in [4.69, 9.17) is 16.3 Å². The summed E-state index contributed by atoms with van der Waals surface area (Å²) in [6, 6.07) is 9.48. The van der Waals surface area contributed by atoms with E-state index in [1.165, 1.54) is 0 Å². The van der Waals surface area contributed by atoms with E-state index in [1.54, 1.807) is 11.8 Å². The zero-order chi connectivity index (χ0) is 17.3. The summed E-state index contributed by atoms with van der Waals surface area (Å²) in [4.78, 5) is 37.5. The Morgan fingerprint density at radius 1 is 1.33 bits per heavy atom. The molecular weight excluding hydrogens is 330 g/mol. The van der Waals surface area contributed by atoms with Gasteiger partial charge in [0.2, 0.25) is 4.87 Å². The highest BCUT2D eigenvalue weighted by Gasteiger charge is 2.62. The van der Waals surface area contributed by atoms with Crippen molar-refractivity contribution in [3.63, 3.8) is 0 Å². The maximum atomic E-state index is 13.1. The summed E-state index contributed by atoms with van der Waals surface area (Å²) >= 11 is 6.49. The quantitative estimate of drug-likeness (QED) is 0.475. The van der Waals surface area contributed by atoms with E-state index >= 15 is 0 Å². The van der Waals surface area contributed by atoms with Crippen LogP contribution in [-0.2, 0) is 25.7 Å². The van der Waals surface area contributed by atoms with Crippen molar-refractivity contribution >= 4 is 29.3 Å². The normalized spacial score (nSPS) is 29.5. The summed E-state index contributed by atoms with van der Waals surface area (Å²) in [5, 5.41) is 0. The Morgan fingerprint density at radius 2 is 2.04 bits per heavy atom. The molecule has 5 nitrogen and oxygen atoms in total. The number of ketones is 1. The number of carbonyl (C=O) groups excluding carboxylic acids is 3. The van der Waals surface area contributed by atoms with Crippen molar-refractivity contribution in [2.75, 3.05) is 6.61 Å². The lowest BCUT2D eigenvalue weighted by Crippen LogP contribution is -2.66. The van der Waals surface area contributed by atoms with Gasteiger partial charge in [-0.1, -0.05) is 41.9 Å². The Bertz CT molecular complexity index is 662. The number of nitrogens with zero attached hydrogens (tertiary/aromatic N) is 1. The molecule has 6 heteroatoms. The molecule has 0 unspecified atom stereocenters. The van der Waals surface area contributed by atoms with Crippen LogP contribution in [0.25, 0.3) is 0 Å². The number of hydrogen-bond donors (Lipinski definition) is 0. The highest BCUT2D eigenvalue weighted by atomic mass is 35.5. The van der Waals surface area contributed by atoms with Crippen molar-refractivity contribution in [1.82, 2.24) is 4.90 Å². The molecule has 2 fully saturated rings. The number of esters is 1. The van der Waals surface area contributed by atoms with Crippen molar-refractivity contribution in [2.24, 2.45) is 5.92 Å². The van der Waals surface area contributed by atoms with Crippen molar-refractivity contribution in [2.45, 2.75) is 43.6 Å². The zero-order valence-electron chi connectivity index (χ0n) is 13.5. The number of alkyl halides is 1. The summed E-state index contributed by atoms with van der Waals surface area (Å²) in [5.74, 6) is -2.24. The number of likely N-dealkylation sites (tertiary alicyclic amines) is 1. The van der Waals surface area contributed by atoms with E-state index in [-0.39, 0.29) is 18.4 Å². The molecule has 1 aromatic rings. The number of fused-ring (bicyclic) bond motifs is 2. The van der Waals surface area contributed by atoms with Crippen LogP contribution in [0, 0.1) is 5.92 Å². The number of amides is 1. The molecule has 3 rings (SSSR count). The fourth-order valence-electron chi connectivity index (χ4n) is 3.64. The lowest BCUT2D eigenvalue weighted by Gasteiger charge is -2.48. The van der Waals surface area contributed by atoms with E-state index in [2.05, 4.69) is 0 Å². The molecule has 0 aromatic heterocycles. The van der Waals surface area contributed by atoms with Crippen LogP contribution in [0.1, 0.15) is 31.7 Å². The molecule has 2 aliphatic rings. The van der Waals surface area contributed by atoms with Gasteiger partial charge in [0.25, 0.3) is 5.91 Å². The first-order valence-electron chi connectivity index (χ1n) is 8.22. The summed E-state index contributed by atoms with van der Waals surface area (Å²) in [5.41, 5.74) is 0.962. The molecule has 2 bridgehead atoms. The fraction of sp³-hybridized carbons (Fsp3) is 0.500. The van der Waals surface area contributed by atoms with Gasteiger partial charge in [0.05, 0.1) is 12.5 Å². The van der Waals surface area contributed by atoms with E-state index in [0.29, 0.717) is 25.8 Å². The SMILES string of the molecule is CCOC(=O)[C@]1(Cl)C(=O)N(Cc2ccccc2)[C@@H]2CCC(=O)[C@H]1C2. The first-order valence-corrected chi connectivity index (χ1v) is 8.60. The number of halogens is 1. The number of Topliss-reactive ketones (excluding diaryl/α,β-unsaturated/α-hetero) is 1. The molecule has 3 atom stereocenters. The molecule has 1 aromatic carbocycles. The van der Waals surface area contributed by atoms with Crippen molar-refractivity contribution < 1.29 is 19.1 Å². The largest absolute Gasteiger partial charge is 0.464 e. The number of piperidine rings is 1. The standard InChI is InChI=1S/C18H20ClNO4/c1-2-24-17(23)18(19)14-10-13(8-9-15(14)21)20(16(18)22)11-12-6-4-3-5-7-12/h3-7,13-14H,2,8-11H2,1H3/t13-,14-,18-/m1/s1. The molecule has 128 valence electrons. The topological polar surface area (TPSA) is 63.7 Å². The van der Waals surface area contributed by atoms with Crippen LogP contribution in [0.5, 0.6) is 0 Å². The van der Waals surface area contributed by atoms with Crippen LogP contribution in [0.4, 0.5) is 0 Å². The van der Waals surface area contributed by atoms with Gasteiger partial charge in [-0.15, -0.1) is 0 Å². The number of ether oxygens (including phenoxy) is 1. The third-order valence-electron chi connectivity index (χ3n) is 4.88. The highest BCUT2D eigenvalue weighted by Crippen LogP contribution is 2.44. The molecule has 1 amide bonds. The summed E-state index contributed by atoms with van der Waals surface area (Å²) in [6.45, 7) is 2.14. The Labute approximate surface area is 145 Å². The van der Waals surface area contributed by atoms with Crippen molar-refractivity contribution in [3.05, 3.63) is 35.9 Å². The van der Waals surface area contributed by atoms with Crippen LogP contribution in [0.15, 0.2) is 30.3 Å². The van der Waals surface area contributed by atoms with Gasteiger partial charge in [0, 0.05) is 19.0 Å². The van der Waals surface area contributed by atoms with Gasteiger partial charge < -0.3 is 9.64 Å². The van der Waals surface area contributed by atoms with Gasteiger partial charge in [-0.05, 0) is 25.3 Å². The smallest absolute Gasteiger partial charge is 0.337 e. The lowest BCUT2D eigenvalue weighted by atomic mass is 9.71. The Morgan fingerprint density at radius 3 is 2.71 bits per heavy atom. The average molecular weight is 350 g/mol. The number of hydrogen-bond acceptors (Lipinski definition) is 4. The maximum absolute atomic E-state index is 13.1. The second-order valence-corrected chi connectivity index (χ2v) is 6.89. The zero-order valence-corrected chi connectivity index (χ0v) is 14.3. The predicted octanol–water partition coefficient (Wildman–Crippen LogP) is 2.31. The minimum atomic E-state index is -1.93. The first-order chi connectivity index (χ1) is 11.5. The molecule has 1 aliphatic heterocycles. The van der Waals surface area contributed by atoms with Crippen LogP contribution >= 0.6 is 11.6 Å². The van der Waals surface area contributed by atoms with E-state index in [1.807, 2.05) is 30.3 Å². The van der Waals surface area contributed by atoms with E-state index in [9.17, 15) is 14.4 Å². The van der Waals surface area contributed by atoms with E-state index < -0.39 is 22.7 Å². The number of benzene rings is 1. The van der Waals surface area contributed by atoms with Crippen molar-refractivity contribution in [3.8, 4) is 0 Å². The molecule has 0 N–H and O–H groups in total. The average Bonchev–Trinajstić information content (AvgIpc) is 2.59. The summed E-state index contributed by atoms with van der Waals surface area (Å²) in [7, 11) is 0. The number of rotatable bonds is 4. The second-order valence-electron chi connectivity index (χ2n) is 6.30. The van der Waals surface area contributed by atoms with Gasteiger partial charge in [-0.2, -0.15) is 0 Å². The minimum Gasteiger partial charge on any atom is -0.464 e. The van der Waals surface area contributed by atoms with Crippen LogP contribution < -0.4 is 0 Å². The van der Waals surface area contributed by atoms with Crippen molar-refractivity contribution in [1.29, 1.82) is 0 Å². The maximum Gasteiger partial charge on any atom is 0.337 e. The molecule has 1 aliphatic carbocycles. The third kappa shape index (κ3) is 2.71. The molecule has 0 radical (unpaired) electrons. The minimum absolute atomic E-state index is 0.0679. The molecule has 1 heterocycles. The Hall–Kier alpha value is -1.88. The van der Waals surface area contributed by atoms with Gasteiger partial charge in [0.15, 0.2) is 0 Å². The summed E-state index contributed by atoms with van der Waals surface area (Å²) in [6.07, 6.45) is 1.37. The number of carbonyl (C=O) groups is 3. The van der Waals surface area contributed by atoms with Gasteiger partial charge in [-0.3, -0.25) is 9.59 Å². The van der Waals surface area contributed by atoms with Gasteiger partial charge in [0.1, 0.15) is 5.78 Å². The molecule has 0 spiro atoms. The second kappa shape index (κ2) is 6.55. The summed E-state index contributed by atoms with van der Waals surface area (Å²) < 4.78 is 5.02. The first kappa shape index (κ1) is 17.0. The predicted molar refractivity (Wildman–Crippen MR) is 88.3 cm³/mol. The van der Waals surface area contributed by atoms with Crippen LogP contribution in [0.3, 0.4) is 0 Å².